The molecule has 0 saturated heterocycles. The Morgan fingerprint density at radius 3 is 2.17 bits per heavy atom. The van der Waals surface area contributed by atoms with Crippen LogP contribution in [0.4, 0.5) is 0 Å². The predicted octanol–water partition coefficient (Wildman–Crippen LogP) is 2.95. The number of Topliss-reactive ketones (excluding diaryl/α,β-unsaturated/α-hetero) is 1. The topological polar surface area (TPSA) is 69.7 Å². The van der Waals surface area contributed by atoms with Crippen molar-refractivity contribution < 1.29 is 23.9 Å². The van der Waals surface area contributed by atoms with Crippen molar-refractivity contribution in [2.45, 2.75) is 26.7 Å². The van der Waals surface area contributed by atoms with Crippen LogP contribution < -0.4 is 0 Å². The molecule has 1 atom stereocenters. The Bertz CT molecular complexity index is 614. The summed E-state index contributed by atoms with van der Waals surface area (Å²) >= 11 is 0. The first kappa shape index (κ1) is 17.9. The molecule has 1 unspecified atom stereocenters. The van der Waals surface area contributed by atoms with Crippen LogP contribution in [-0.4, -0.2) is 30.9 Å². The summed E-state index contributed by atoms with van der Waals surface area (Å²) in [7, 11) is 0. The van der Waals surface area contributed by atoms with E-state index in [1.165, 1.54) is 0 Å². The van der Waals surface area contributed by atoms with Gasteiger partial charge in [-0.1, -0.05) is 42.5 Å². The maximum absolute atomic E-state index is 12.7. The first-order valence-electron chi connectivity index (χ1n) is 8.15. The maximum atomic E-state index is 12.7. The predicted molar refractivity (Wildman–Crippen MR) is 88.3 cm³/mol. The van der Waals surface area contributed by atoms with Gasteiger partial charge < -0.3 is 9.47 Å². The largest absolute Gasteiger partial charge is 0.465 e. The third kappa shape index (κ3) is 3.55. The van der Waals surface area contributed by atoms with Crippen molar-refractivity contribution in [1.29, 1.82) is 0 Å². The summed E-state index contributed by atoms with van der Waals surface area (Å²) in [5.74, 6) is -1.93. The van der Waals surface area contributed by atoms with E-state index in [9.17, 15) is 14.4 Å². The van der Waals surface area contributed by atoms with E-state index in [-0.39, 0.29) is 31.8 Å². The zero-order chi connectivity index (χ0) is 17.6. The van der Waals surface area contributed by atoms with Crippen molar-refractivity contribution in [3.8, 4) is 0 Å². The van der Waals surface area contributed by atoms with Gasteiger partial charge >= 0.3 is 11.9 Å². The summed E-state index contributed by atoms with van der Waals surface area (Å²) in [6.45, 7) is 3.70. The second kappa shape index (κ2) is 7.90. The lowest BCUT2D eigenvalue weighted by Gasteiger charge is -2.33. The number of carbonyl (C=O) groups is 3. The Kier molecular flexibility index (Phi) is 5.90. The van der Waals surface area contributed by atoms with Gasteiger partial charge in [0.15, 0.2) is 11.2 Å². The van der Waals surface area contributed by atoms with E-state index < -0.39 is 23.3 Å². The summed E-state index contributed by atoms with van der Waals surface area (Å²) in [4.78, 5) is 37.6. The fourth-order valence-electron chi connectivity index (χ4n) is 2.91. The van der Waals surface area contributed by atoms with Crippen LogP contribution in [0.25, 0.3) is 0 Å². The highest BCUT2D eigenvalue weighted by molar-refractivity contribution is 6.04. The molecular formula is C19H22O5. The molecule has 0 radical (unpaired) electrons. The highest BCUT2D eigenvalue weighted by Crippen LogP contribution is 2.39. The number of benzene rings is 1. The lowest BCUT2D eigenvalue weighted by molar-refractivity contribution is -0.173. The maximum Gasteiger partial charge on any atom is 0.323 e. The van der Waals surface area contributed by atoms with Gasteiger partial charge in [-0.25, -0.2) is 0 Å². The Morgan fingerprint density at radius 2 is 1.62 bits per heavy atom. The van der Waals surface area contributed by atoms with Crippen LogP contribution in [0, 0.1) is 11.3 Å². The van der Waals surface area contributed by atoms with Gasteiger partial charge in [-0.3, -0.25) is 14.4 Å². The molecule has 5 heteroatoms. The van der Waals surface area contributed by atoms with Gasteiger partial charge in [0.2, 0.25) is 0 Å². The molecule has 5 nitrogen and oxygen atoms in total. The van der Waals surface area contributed by atoms with Crippen LogP contribution in [0.15, 0.2) is 42.5 Å². The zero-order valence-electron chi connectivity index (χ0n) is 14.0. The number of ketones is 1. The van der Waals surface area contributed by atoms with Crippen LogP contribution in [0.1, 0.15) is 37.0 Å². The Labute approximate surface area is 141 Å². The highest BCUT2D eigenvalue weighted by Gasteiger charge is 2.51. The fourth-order valence-corrected chi connectivity index (χ4v) is 2.91. The Balaban J connectivity index is 2.30. The highest BCUT2D eigenvalue weighted by atomic mass is 16.6. The third-order valence-corrected chi connectivity index (χ3v) is 4.13. The SMILES string of the molecule is CCOC(=O)C1(C(=O)OCC)CC=CC(C(=O)c2ccccc2)C1. The molecule has 0 aliphatic heterocycles. The van der Waals surface area contributed by atoms with Crippen LogP contribution in [-0.2, 0) is 19.1 Å². The van der Waals surface area contributed by atoms with E-state index in [1.54, 1.807) is 50.3 Å². The van der Waals surface area contributed by atoms with Crippen LogP contribution >= 0.6 is 0 Å². The number of hydrogen-bond acceptors (Lipinski definition) is 5. The number of carbonyl (C=O) groups excluding carboxylic acids is 3. The second-order valence-electron chi connectivity index (χ2n) is 5.70. The average Bonchev–Trinajstić information content (AvgIpc) is 2.62. The van der Waals surface area contributed by atoms with Gasteiger partial charge in [0, 0.05) is 11.5 Å². The van der Waals surface area contributed by atoms with Gasteiger partial charge in [-0.15, -0.1) is 0 Å². The van der Waals surface area contributed by atoms with Crippen LogP contribution in [0.5, 0.6) is 0 Å². The minimum Gasteiger partial charge on any atom is -0.465 e. The van der Waals surface area contributed by atoms with Crippen molar-refractivity contribution in [2.24, 2.45) is 11.3 Å². The van der Waals surface area contributed by atoms with E-state index in [0.717, 1.165) is 0 Å². The number of allylic oxidation sites excluding steroid dienone is 2. The summed E-state index contributed by atoms with van der Waals surface area (Å²) in [5.41, 5.74) is -0.897. The molecule has 0 heterocycles. The fraction of sp³-hybridized carbons (Fsp3) is 0.421. The summed E-state index contributed by atoms with van der Waals surface area (Å²) in [5, 5.41) is 0. The molecule has 1 aromatic carbocycles. The first-order valence-corrected chi connectivity index (χ1v) is 8.15. The molecule has 24 heavy (non-hydrogen) atoms. The lowest BCUT2D eigenvalue weighted by Crippen LogP contribution is -2.45. The van der Waals surface area contributed by atoms with E-state index in [4.69, 9.17) is 9.47 Å². The van der Waals surface area contributed by atoms with Crippen LogP contribution in [0.3, 0.4) is 0 Å². The molecule has 0 aromatic heterocycles. The first-order chi connectivity index (χ1) is 11.5. The molecule has 0 fully saturated rings. The Hall–Kier alpha value is -2.43. The van der Waals surface area contributed by atoms with E-state index in [0.29, 0.717) is 5.56 Å². The zero-order valence-corrected chi connectivity index (χ0v) is 14.0. The summed E-state index contributed by atoms with van der Waals surface area (Å²) in [6.07, 6.45) is 3.70. The smallest absolute Gasteiger partial charge is 0.323 e. The summed E-state index contributed by atoms with van der Waals surface area (Å²) < 4.78 is 10.2. The number of ether oxygens (including phenoxy) is 2. The van der Waals surface area contributed by atoms with E-state index in [2.05, 4.69) is 0 Å². The van der Waals surface area contributed by atoms with E-state index >= 15 is 0 Å². The minimum absolute atomic E-state index is 0.0644. The molecule has 1 aliphatic rings. The van der Waals surface area contributed by atoms with Crippen molar-refractivity contribution >= 4 is 17.7 Å². The molecule has 0 spiro atoms. The molecule has 0 amide bonds. The van der Waals surface area contributed by atoms with Crippen LogP contribution in [0.2, 0.25) is 0 Å². The van der Waals surface area contributed by atoms with Crippen molar-refractivity contribution in [2.75, 3.05) is 13.2 Å². The summed E-state index contributed by atoms with van der Waals surface area (Å²) in [6, 6.07) is 8.84. The van der Waals surface area contributed by atoms with Crippen molar-refractivity contribution in [1.82, 2.24) is 0 Å². The lowest BCUT2D eigenvalue weighted by atomic mass is 9.71. The number of hydrogen-bond donors (Lipinski definition) is 0. The normalized spacial score (nSPS) is 18.7. The minimum atomic E-state index is -1.45. The molecule has 1 aliphatic carbocycles. The van der Waals surface area contributed by atoms with Gasteiger partial charge in [0.25, 0.3) is 0 Å². The molecule has 128 valence electrons. The molecule has 2 rings (SSSR count). The molecule has 1 aromatic rings. The monoisotopic (exact) mass is 330 g/mol. The standard InChI is InChI=1S/C19H22O5/c1-3-23-17(21)19(18(22)24-4-2)12-8-11-15(13-19)16(20)14-9-6-5-7-10-14/h5-11,15H,3-4,12-13H2,1-2H3. The van der Waals surface area contributed by atoms with Crippen molar-refractivity contribution in [3.63, 3.8) is 0 Å². The van der Waals surface area contributed by atoms with Gasteiger partial charge in [0.1, 0.15) is 0 Å². The molecule has 0 saturated carbocycles. The second-order valence-corrected chi connectivity index (χ2v) is 5.70. The van der Waals surface area contributed by atoms with Gasteiger partial charge in [0.05, 0.1) is 13.2 Å². The number of rotatable bonds is 6. The van der Waals surface area contributed by atoms with E-state index in [1.807, 2.05) is 6.07 Å². The molecule has 0 N–H and O–H groups in total. The van der Waals surface area contributed by atoms with Gasteiger partial charge in [-0.05, 0) is 26.7 Å². The quantitative estimate of drug-likeness (QED) is 0.347. The van der Waals surface area contributed by atoms with Crippen molar-refractivity contribution in [3.05, 3.63) is 48.0 Å². The Morgan fingerprint density at radius 1 is 1.04 bits per heavy atom. The molecular weight excluding hydrogens is 308 g/mol. The van der Waals surface area contributed by atoms with Gasteiger partial charge in [-0.2, -0.15) is 0 Å². The third-order valence-electron chi connectivity index (χ3n) is 4.13. The molecule has 0 bridgehead atoms. The number of esters is 2. The average molecular weight is 330 g/mol.